The van der Waals surface area contributed by atoms with E-state index in [1.165, 1.54) is 37.7 Å². The molecule has 1 heterocycles. The third-order valence-electron chi connectivity index (χ3n) is 4.40. The van der Waals surface area contributed by atoms with Crippen molar-refractivity contribution in [3.63, 3.8) is 0 Å². The van der Waals surface area contributed by atoms with Crippen LogP contribution in [0.25, 0.3) is 0 Å². The fourth-order valence-electron chi connectivity index (χ4n) is 2.99. The molecule has 0 radical (unpaired) electrons. The van der Waals surface area contributed by atoms with Crippen LogP contribution in [0.3, 0.4) is 0 Å². The minimum atomic E-state index is 0.555. The highest BCUT2D eigenvalue weighted by Gasteiger charge is 2.31. The number of rotatable bonds is 5. The van der Waals surface area contributed by atoms with Gasteiger partial charge in [0.1, 0.15) is 5.76 Å². The van der Waals surface area contributed by atoms with E-state index in [0.29, 0.717) is 5.41 Å². The van der Waals surface area contributed by atoms with E-state index in [2.05, 4.69) is 17.4 Å². The Hall–Kier alpha value is -0.830. The van der Waals surface area contributed by atoms with Crippen LogP contribution in [-0.2, 0) is 6.54 Å². The molecule has 0 aliphatic heterocycles. The summed E-state index contributed by atoms with van der Waals surface area (Å²) in [6, 6.07) is 0. The summed E-state index contributed by atoms with van der Waals surface area (Å²) in [5, 5.41) is 7.59. The first-order valence-electron chi connectivity index (χ1n) is 6.79. The van der Waals surface area contributed by atoms with Crippen molar-refractivity contribution in [3.05, 3.63) is 17.0 Å². The van der Waals surface area contributed by atoms with E-state index >= 15 is 0 Å². The van der Waals surface area contributed by atoms with Crippen molar-refractivity contribution < 1.29 is 4.52 Å². The van der Waals surface area contributed by atoms with E-state index in [9.17, 15) is 0 Å². The first-order chi connectivity index (χ1) is 8.17. The van der Waals surface area contributed by atoms with Gasteiger partial charge >= 0.3 is 0 Å². The zero-order valence-corrected chi connectivity index (χ0v) is 11.3. The maximum atomic E-state index is 5.18. The number of hydrogen-bond acceptors (Lipinski definition) is 3. The van der Waals surface area contributed by atoms with E-state index < -0.39 is 0 Å². The van der Waals surface area contributed by atoms with Crippen LogP contribution in [0.15, 0.2) is 4.52 Å². The lowest BCUT2D eigenvalue weighted by atomic mass is 9.83. The summed E-state index contributed by atoms with van der Waals surface area (Å²) in [6.45, 7) is 8.35. The van der Waals surface area contributed by atoms with Crippen LogP contribution in [-0.4, -0.2) is 11.7 Å². The third-order valence-corrected chi connectivity index (χ3v) is 4.40. The highest BCUT2D eigenvalue weighted by atomic mass is 16.5. The normalized spacial score (nSPS) is 18.8. The molecule has 2 rings (SSSR count). The number of aryl methyl sites for hydroxylation is 2. The SMILES string of the molecule is CCC1(CNCc2c(C)noc2C)CCCC1. The second-order valence-electron chi connectivity index (χ2n) is 5.47. The first kappa shape index (κ1) is 12.6. The number of hydrogen-bond donors (Lipinski definition) is 1. The lowest BCUT2D eigenvalue weighted by molar-refractivity contribution is 0.268. The minimum absolute atomic E-state index is 0.555. The summed E-state index contributed by atoms with van der Waals surface area (Å²) >= 11 is 0. The van der Waals surface area contributed by atoms with E-state index in [1.54, 1.807) is 0 Å². The molecule has 0 saturated heterocycles. The first-order valence-corrected chi connectivity index (χ1v) is 6.79. The monoisotopic (exact) mass is 236 g/mol. The number of nitrogens with one attached hydrogen (secondary N) is 1. The summed E-state index contributed by atoms with van der Waals surface area (Å²) in [7, 11) is 0. The molecular weight excluding hydrogens is 212 g/mol. The molecule has 0 amide bonds. The molecule has 3 nitrogen and oxygen atoms in total. The van der Waals surface area contributed by atoms with Gasteiger partial charge in [0.25, 0.3) is 0 Å². The Morgan fingerprint density at radius 1 is 1.29 bits per heavy atom. The standard InChI is InChI=1S/C14H24N2O/c1-4-14(7-5-6-8-14)10-15-9-13-11(2)16-17-12(13)3/h15H,4-10H2,1-3H3. The van der Waals surface area contributed by atoms with Gasteiger partial charge < -0.3 is 9.84 Å². The molecule has 1 aromatic rings. The zero-order chi connectivity index (χ0) is 12.3. The predicted molar refractivity (Wildman–Crippen MR) is 68.9 cm³/mol. The molecule has 0 spiro atoms. The molecule has 1 N–H and O–H groups in total. The Balaban J connectivity index is 1.87. The van der Waals surface area contributed by atoms with Gasteiger partial charge in [-0.3, -0.25) is 0 Å². The Bertz CT molecular complexity index is 345. The largest absolute Gasteiger partial charge is 0.361 e. The quantitative estimate of drug-likeness (QED) is 0.852. The van der Waals surface area contributed by atoms with Gasteiger partial charge in [-0.2, -0.15) is 0 Å². The van der Waals surface area contributed by atoms with Gasteiger partial charge in [-0.05, 0) is 38.5 Å². The van der Waals surface area contributed by atoms with E-state index in [4.69, 9.17) is 4.52 Å². The van der Waals surface area contributed by atoms with E-state index in [-0.39, 0.29) is 0 Å². The second-order valence-corrected chi connectivity index (χ2v) is 5.47. The lowest BCUT2D eigenvalue weighted by Crippen LogP contribution is -2.31. The van der Waals surface area contributed by atoms with Gasteiger partial charge in [0.05, 0.1) is 5.69 Å². The van der Waals surface area contributed by atoms with Crippen molar-refractivity contribution in [2.24, 2.45) is 5.41 Å². The Morgan fingerprint density at radius 2 is 2.00 bits per heavy atom. The molecular formula is C14H24N2O. The molecule has 0 bridgehead atoms. The lowest BCUT2D eigenvalue weighted by Gasteiger charge is -2.27. The third kappa shape index (κ3) is 2.71. The summed E-state index contributed by atoms with van der Waals surface area (Å²) in [5.41, 5.74) is 2.81. The number of nitrogens with zero attached hydrogens (tertiary/aromatic N) is 1. The maximum Gasteiger partial charge on any atom is 0.138 e. The molecule has 96 valence electrons. The van der Waals surface area contributed by atoms with Gasteiger partial charge in [0, 0.05) is 18.7 Å². The van der Waals surface area contributed by atoms with Crippen LogP contribution in [0.5, 0.6) is 0 Å². The Labute approximate surface area is 104 Å². The highest BCUT2D eigenvalue weighted by Crippen LogP contribution is 2.40. The predicted octanol–water partition coefficient (Wildman–Crippen LogP) is 3.35. The second kappa shape index (κ2) is 5.21. The van der Waals surface area contributed by atoms with Crippen LogP contribution in [0, 0.1) is 19.3 Å². The molecule has 1 aliphatic rings. The minimum Gasteiger partial charge on any atom is -0.361 e. The van der Waals surface area contributed by atoms with Crippen LogP contribution in [0.2, 0.25) is 0 Å². The Morgan fingerprint density at radius 3 is 2.53 bits per heavy atom. The molecule has 1 fully saturated rings. The molecule has 3 heteroatoms. The average molecular weight is 236 g/mol. The summed E-state index contributed by atoms with van der Waals surface area (Å²) in [4.78, 5) is 0. The molecule has 0 atom stereocenters. The molecule has 17 heavy (non-hydrogen) atoms. The van der Waals surface area contributed by atoms with E-state index in [0.717, 1.165) is 24.5 Å². The van der Waals surface area contributed by atoms with Crippen LogP contribution in [0.1, 0.15) is 56.0 Å². The fourth-order valence-corrected chi connectivity index (χ4v) is 2.99. The van der Waals surface area contributed by atoms with Crippen molar-refractivity contribution >= 4 is 0 Å². The molecule has 1 aliphatic carbocycles. The number of aromatic nitrogens is 1. The van der Waals surface area contributed by atoms with Crippen molar-refractivity contribution in [3.8, 4) is 0 Å². The van der Waals surface area contributed by atoms with Crippen molar-refractivity contribution in [2.75, 3.05) is 6.54 Å². The topological polar surface area (TPSA) is 38.1 Å². The summed E-state index contributed by atoms with van der Waals surface area (Å²) in [6.07, 6.45) is 6.87. The van der Waals surface area contributed by atoms with Crippen molar-refractivity contribution in [1.82, 2.24) is 10.5 Å². The van der Waals surface area contributed by atoms with Gasteiger partial charge in [0.2, 0.25) is 0 Å². The van der Waals surface area contributed by atoms with Crippen molar-refractivity contribution in [1.29, 1.82) is 0 Å². The van der Waals surface area contributed by atoms with Gasteiger partial charge in [-0.1, -0.05) is 24.9 Å². The summed E-state index contributed by atoms with van der Waals surface area (Å²) < 4.78 is 5.18. The van der Waals surface area contributed by atoms with Gasteiger partial charge in [-0.15, -0.1) is 0 Å². The molecule has 1 aromatic heterocycles. The van der Waals surface area contributed by atoms with Gasteiger partial charge in [-0.25, -0.2) is 0 Å². The van der Waals surface area contributed by atoms with Crippen LogP contribution in [0.4, 0.5) is 0 Å². The molecule has 0 unspecified atom stereocenters. The highest BCUT2D eigenvalue weighted by molar-refractivity contribution is 5.20. The molecule has 1 saturated carbocycles. The fraction of sp³-hybridized carbons (Fsp3) is 0.786. The molecule has 0 aromatic carbocycles. The van der Waals surface area contributed by atoms with Gasteiger partial charge in [0.15, 0.2) is 0 Å². The zero-order valence-electron chi connectivity index (χ0n) is 11.3. The average Bonchev–Trinajstić information content (AvgIpc) is 2.91. The smallest absolute Gasteiger partial charge is 0.138 e. The van der Waals surface area contributed by atoms with Crippen LogP contribution < -0.4 is 5.32 Å². The van der Waals surface area contributed by atoms with Crippen LogP contribution >= 0.6 is 0 Å². The van der Waals surface area contributed by atoms with E-state index in [1.807, 2.05) is 13.8 Å². The Kier molecular flexibility index (Phi) is 3.87. The van der Waals surface area contributed by atoms with Crippen molar-refractivity contribution in [2.45, 2.75) is 59.4 Å². The summed E-state index contributed by atoms with van der Waals surface area (Å²) in [5.74, 6) is 0.951. The maximum absolute atomic E-state index is 5.18.